The minimum absolute atomic E-state index is 0.0247. The molecule has 0 saturated heterocycles. The lowest BCUT2D eigenvalue weighted by atomic mass is 9.82. The number of phenols is 1. The van der Waals surface area contributed by atoms with Crippen LogP contribution >= 0.6 is 0 Å². The van der Waals surface area contributed by atoms with E-state index in [9.17, 15) is 24.6 Å². The molecule has 0 radical (unpaired) electrons. The van der Waals surface area contributed by atoms with Gasteiger partial charge in [-0.3, -0.25) is 14.5 Å². The average Bonchev–Trinajstić information content (AvgIpc) is 2.97. The monoisotopic (exact) mass is 437 g/mol. The van der Waals surface area contributed by atoms with Gasteiger partial charge in [0.25, 0.3) is 5.91 Å². The number of aliphatic hydroxyl groups excluding tert-OH is 1. The van der Waals surface area contributed by atoms with E-state index in [-0.39, 0.29) is 28.8 Å². The number of nitrogens with zero attached hydrogens (tertiary/aromatic N) is 1. The third-order valence-electron chi connectivity index (χ3n) is 5.05. The fourth-order valence-corrected chi connectivity index (χ4v) is 3.54. The Hall–Kier alpha value is -3.61. The summed E-state index contributed by atoms with van der Waals surface area (Å²) in [6.07, 6.45) is -0.314. The summed E-state index contributed by atoms with van der Waals surface area (Å²) in [5.74, 6) is -2.26. The number of rotatable bonds is 5. The van der Waals surface area contributed by atoms with Crippen molar-refractivity contribution in [2.75, 3.05) is 4.90 Å². The number of Topliss-reactive ketones (excluding diaryl/α,β-unsaturated/α-hetero) is 1. The number of benzene rings is 2. The number of hydrogen-bond acceptors (Lipinski definition) is 6. The van der Waals surface area contributed by atoms with E-state index in [0.717, 1.165) is 0 Å². The van der Waals surface area contributed by atoms with E-state index in [1.807, 2.05) is 0 Å². The first kappa shape index (κ1) is 23.1. The number of carbonyl (C=O) groups excluding carboxylic acids is 3. The van der Waals surface area contributed by atoms with E-state index in [0.29, 0.717) is 11.3 Å². The average molecular weight is 437 g/mol. The first-order valence-electron chi connectivity index (χ1n) is 10.3. The fraction of sp³-hybridized carbons (Fsp3) is 0.320. The predicted octanol–water partition coefficient (Wildman–Crippen LogP) is 4.47. The van der Waals surface area contributed by atoms with Gasteiger partial charge in [0.1, 0.15) is 5.75 Å². The Bertz CT molecular complexity index is 1090. The van der Waals surface area contributed by atoms with Crippen LogP contribution in [-0.4, -0.2) is 34.0 Å². The van der Waals surface area contributed by atoms with Crippen LogP contribution in [0.1, 0.15) is 56.6 Å². The zero-order valence-electron chi connectivity index (χ0n) is 18.7. The molecule has 1 aliphatic rings. The summed E-state index contributed by atoms with van der Waals surface area (Å²) < 4.78 is 5.25. The molecule has 1 heterocycles. The van der Waals surface area contributed by atoms with Gasteiger partial charge in [0.15, 0.2) is 11.5 Å². The van der Waals surface area contributed by atoms with Gasteiger partial charge in [0.2, 0.25) is 0 Å². The van der Waals surface area contributed by atoms with Crippen molar-refractivity contribution < 1.29 is 29.3 Å². The molecule has 0 spiro atoms. The smallest absolute Gasteiger partial charge is 0.338 e. The van der Waals surface area contributed by atoms with Crippen molar-refractivity contribution in [2.45, 2.75) is 46.8 Å². The SMILES string of the molecule is CC(C)OC(=O)c1cccc(N2C(=O)C(O)=C(C(=O)C(C)(C)C)C2c2ccc(O)cc2)c1. The summed E-state index contributed by atoms with van der Waals surface area (Å²) in [5, 5.41) is 20.4. The van der Waals surface area contributed by atoms with Gasteiger partial charge in [0, 0.05) is 11.1 Å². The van der Waals surface area contributed by atoms with E-state index in [2.05, 4.69) is 0 Å². The van der Waals surface area contributed by atoms with Crippen LogP contribution in [0, 0.1) is 5.41 Å². The van der Waals surface area contributed by atoms with Crippen molar-refractivity contribution in [3.05, 3.63) is 71.0 Å². The van der Waals surface area contributed by atoms with Crippen LogP contribution in [0.2, 0.25) is 0 Å². The third-order valence-corrected chi connectivity index (χ3v) is 5.05. The Morgan fingerprint density at radius 2 is 1.66 bits per heavy atom. The molecule has 3 rings (SSSR count). The molecule has 7 nitrogen and oxygen atoms in total. The van der Waals surface area contributed by atoms with Crippen molar-refractivity contribution in [3.63, 3.8) is 0 Å². The molecule has 0 bridgehead atoms. The molecule has 0 aliphatic carbocycles. The van der Waals surface area contributed by atoms with E-state index < -0.39 is 29.1 Å². The molecule has 1 aliphatic heterocycles. The van der Waals surface area contributed by atoms with E-state index in [1.165, 1.54) is 23.1 Å². The largest absolute Gasteiger partial charge is 0.508 e. The van der Waals surface area contributed by atoms with Crippen molar-refractivity contribution in [1.29, 1.82) is 0 Å². The number of hydrogen-bond donors (Lipinski definition) is 2. The molecule has 7 heteroatoms. The van der Waals surface area contributed by atoms with Gasteiger partial charge in [0.05, 0.1) is 23.3 Å². The normalized spacial score (nSPS) is 16.6. The number of ether oxygens (including phenoxy) is 1. The minimum atomic E-state index is -0.925. The predicted molar refractivity (Wildman–Crippen MR) is 119 cm³/mol. The van der Waals surface area contributed by atoms with Gasteiger partial charge in [-0.05, 0) is 49.7 Å². The van der Waals surface area contributed by atoms with E-state index in [1.54, 1.807) is 65.0 Å². The number of esters is 1. The van der Waals surface area contributed by atoms with Crippen LogP contribution in [0.25, 0.3) is 0 Å². The standard InChI is InChI=1S/C25H27NO6/c1-14(2)32-24(31)16-7-6-8-17(13-16)26-20(15-9-11-18(27)12-10-15)19(21(28)23(26)30)22(29)25(3,4)5/h6-14,20,27-28H,1-5H3. The highest BCUT2D eigenvalue weighted by molar-refractivity contribution is 6.17. The number of ketones is 1. The zero-order chi connectivity index (χ0) is 23.8. The van der Waals surface area contributed by atoms with Crippen molar-refractivity contribution in [2.24, 2.45) is 5.41 Å². The van der Waals surface area contributed by atoms with Crippen LogP contribution in [0.15, 0.2) is 59.9 Å². The second-order valence-electron chi connectivity index (χ2n) is 9.02. The molecule has 32 heavy (non-hydrogen) atoms. The van der Waals surface area contributed by atoms with Crippen LogP contribution in [0.3, 0.4) is 0 Å². The van der Waals surface area contributed by atoms with Gasteiger partial charge in [-0.25, -0.2) is 4.79 Å². The Kier molecular flexibility index (Phi) is 6.12. The Labute approximate surface area is 186 Å². The maximum absolute atomic E-state index is 13.2. The Morgan fingerprint density at radius 3 is 2.22 bits per heavy atom. The summed E-state index contributed by atoms with van der Waals surface area (Å²) in [7, 11) is 0. The van der Waals surface area contributed by atoms with E-state index >= 15 is 0 Å². The molecule has 1 amide bonds. The highest BCUT2D eigenvalue weighted by atomic mass is 16.5. The Morgan fingerprint density at radius 1 is 1.03 bits per heavy atom. The summed E-state index contributed by atoms with van der Waals surface area (Å²) in [5.41, 5.74) is 0.224. The van der Waals surface area contributed by atoms with Crippen LogP contribution in [-0.2, 0) is 14.3 Å². The van der Waals surface area contributed by atoms with Crippen molar-refractivity contribution >= 4 is 23.3 Å². The summed E-state index contributed by atoms with van der Waals surface area (Å²) in [6.45, 7) is 8.59. The molecule has 1 atom stereocenters. The maximum Gasteiger partial charge on any atom is 0.338 e. The second kappa shape index (κ2) is 8.49. The van der Waals surface area contributed by atoms with Gasteiger partial charge in [-0.1, -0.05) is 39.0 Å². The van der Waals surface area contributed by atoms with Crippen LogP contribution < -0.4 is 4.90 Å². The molecule has 1 unspecified atom stereocenters. The summed E-state index contributed by atoms with van der Waals surface area (Å²) in [6, 6.07) is 11.4. The number of carbonyl (C=O) groups is 3. The van der Waals surface area contributed by atoms with E-state index in [4.69, 9.17) is 4.74 Å². The van der Waals surface area contributed by atoms with Gasteiger partial charge in [-0.2, -0.15) is 0 Å². The van der Waals surface area contributed by atoms with Gasteiger partial charge in [-0.15, -0.1) is 0 Å². The van der Waals surface area contributed by atoms with Crippen LogP contribution in [0.5, 0.6) is 5.75 Å². The lowest BCUT2D eigenvalue weighted by Gasteiger charge is -2.29. The van der Waals surface area contributed by atoms with Crippen molar-refractivity contribution in [1.82, 2.24) is 0 Å². The molecule has 2 N–H and O–H groups in total. The summed E-state index contributed by atoms with van der Waals surface area (Å²) in [4.78, 5) is 40.1. The minimum Gasteiger partial charge on any atom is -0.508 e. The lowest BCUT2D eigenvalue weighted by Crippen LogP contribution is -2.33. The highest BCUT2D eigenvalue weighted by Crippen LogP contribution is 2.43. The summed E-state index contributed by atoms with van der Waals surface area (Å²) >= 11 is 0. The van der Waals surface area contributed by atoms with Crippen LogP contribution in [0.4, 0.5) is 5.69 Å². The zero-order valence-corrected chi connectivity index (χ0v) is 18.7. The number of aliphatic hydroxyl groups is 1. The molecular weight excluding hydrogens is 410 g/mol. The maximum atomic E-state index is 13.2. The topological polar surface area (TPSA) is 104 Å². The molecular formula is C25H27NO6. The van der Waals surface area contributed by atoms with Gasteiger partial charge < -0.3 is 14.9 Å². The second-order valence-corrected chi connectivity index (χ2v) is 9.02. The molecule has 0 fully saturated rings. The highest BCUT2D eigenvalue weighted by Gasteiger charge is 2.46. The molecule has 168 valence electrons. The fourth-order valence-electron chi connectivity index (χ4n) is 3.54. The first-order valence-corrected chi connectivity index (χ1v) is 10.3. The number of amides is 1. The van der Waals surface area contributed by atoms with Gasteiger partial charge >= 0.3 is 5.97 Å². The lowest BCUT2D eigenvalue weighted by molar-refractivity contribution is -0.123. The number of anilines is 1. The molecule has 0 saturated carbocycles. The molecule has 2 aromatic rings. The first-order chi connectivity index (χ1) is 14.9. The molecule has 2 aromatic carbocycles. The quantitative estimate of drug-likeness (QED) is 0.669. The molecule has 0 aromatic heterocycles. The third kappa shape index (κ3) is 4.37. The number of phenolic OH excluding ortho intramolecular Hbond substituents is 1. The van der Waals surface area contributed by atoms with Crippen molar-refractivity contribution in [3.8, 4) is 5.75 Å². The Balaban J connectivity index is 2.15. The number of aromatic hydroxyl groups is 1.